The average molecular weight is 400 g/mol. The summed E-state index contributed by atoms with van der Waals surface area (Å²) in [5.74, 6) is -0.000378. The smallest absolute Gasteiger partial charge is 0.329 e. The second-order valence-electron chi connectivity index (χ2n) is 6.88. The molecule has 0 fully saturated rings. The van der Waals surface area contributed by atoms with Crippen molar-refractivity contribution in [3.05, 3.63) is 71.4 Å². The van der Waals surface area contributed by atoms with Gasteiger partial charge in [0, 0.05) is 31.7 Å². The molecule has 0 saturated carbocycles. The van der Waals surface area contributed by atoms with E-state index in [1.165, 1.54) is 10.5 Å². The third kappa shape index (κ3) is 4.50. The number of aromatic nitrogens is 2. The van der Waals surface area contributed by atoms with Crippen LogP contribution in [0.15, 0.2) is 54.7 Å². The molecule has 3 aromatic rings. The van der Waals surface area contributed by atoms with Crippen LogP contribution in [0.5, 0.6) is 0 Å². The molecule has 0 aliphatic carbocycles. The number of hydrogen-bond donors (Lipinski definition) is 0. The van der Waals surface area contributed by atoms with Crippen molar-refractivity contribution in [2.24, 2.45) is 0 Å². The molecule has 29 heavy (non-hydrogen) atoms. The van der Waals surface area contributed by atoms with Crippen molar-refractivity contribution in [1.29, 1.82) is 0 Å². The van der Waals surface area contributed by atoms with E-state index in [2.05, 4.69) is 16.9 Å². The molecular formula is C22H23F3N4. The van der Waals surface area contributed by atoms with Gasteiger partial charge in [-0.3, -0.25) is 0 Å². The SMILES string of the molecule is CCc1ccc(N(C)c2ncc(C(F)(F)F)c(N(C)c3ccc(C)cc3)n2)cc1. The van der Waals surface area contributed by atoms with Crippen LogP contribution in [0.1, 0.15) is 23.6 Å². The molecule has 1 heterocycles. The second kappa shape index (κ2) is 8.11. The first-order chi connectivity index (χ1) is 13.7. The number of anilines is 4. The van der Waals surface area contributed by atoms with Crippen LogP contribution in [-0.4, -0.2) is 24.1 Å². The predicted octanol–water partition coefficient (Wildman–Crippen LogP) is 5.90. The Hall–Kier alpha value is -3.09. The monoisotopic (exact) mass is 400 g/mol. The highest BCUT2D eigenvalue weighted by atomic mass is 19.4. The summed E-state index contributed by atoms with van der Waals surface area (Å²) in [6.45, 7) is 3.98. The Labute approximate surface area is 168 Å². The summed E-state index contributed by atoms with van der Waals surface area (Å²) in [7, 11) is 3.31. The molecule has 0 bridgehead atoms. The Bertz CT molecular complexity index is 967. The summed E-state index contributed by atoms with van der Waals surface area (Å²) in [5, 5.41) is 0. The van der Waals surface area contributed by atoms with Gasteiger partial charge in [0.15, 0.2) is 5.82 Å². The van der Waals surface area contributed by atoms with Gasteiger partial charge >= 0.3 is 6.18 Å². The van der Waals surface area contributed by atoms with Gasteiger partial charge in [-0.25, -0.2) is 4.98 Å². The minimum absolute atomic E-state index is 0.191. The molecule has 0 N–H and O–H groups in total. The molecule has 152 valence electrons. The number of alkyl halides is 3. The van der Waals surface area contributed by atoms with Crippen molar-refractivity contribution in [3.63, 3.8) is 0 Å². The van der Waals surface area contributed by atoms with Crippen LogP contribution < -0.4 is 9.80 Å². The maximum absolute atomic E-state index is 13.6. The number of nitrogens with zero attached hydrogens (tertiary/aromatic N) is 4. The lowest BCUT2D eigenvalue weighted by Gasteiger charge is -2.25. The highest BCUT2D eigenvalue weighted by molar-refractivity contribution is 5.66. The number of benzene rings is 2. The standard InChI is InChI=1S/C22H23F3N4/c1-5-16-8-12-18(13-9-16)29(4)21-26-14-19(22(23,24)25)20(27-21)28(3)17-10-6-15(2)7-11-17/h6-14H,5H2,1-4H3. The van der Waals surface area contributed by atoms with E-state index in [9.17, 15) is 13.2 Å². The van der Waals surface area contributed by atoms with Gasteiger partial charge in [-0.2, -0.15) is 18.2 Å². The molecular weight excluding hydrogens is 377 g/mol. The van der Waals surface area contributed by atoms with E-state index >= 15 is 0 Å². The third-order valence-corrected chi connectivity index (χ3v) is 4.83. The maximum Gasteiger partial charge on any atom is 0.421 e. The molecule has 1 aromatic heterocycles. The van der Waals surface area contributed by atoms with Crippen molar-refractivity contribution >= 4 is 23.1 Å². The van der Waals surface area contributed by atoms with Crippen molar-refractivity contribution in [2.75, 3.05) is 23.9 Å². The number of halogens is 3. The Morgan fingerprint density at radius 3 is 1.97 bits per heavy atom. The van der Waals surface area contributed by atoms with Crippen LogP contribution >= 0.6 is 0 Å². The van der Waals surface area contributed by atoms with Gasteiger partial charge in [0.2, 0.25) is 5.95 Å². The molecule has 3 rings (SSSR count). The molecule has 0 aliphatic heterocycles. The molecule has 0 unspecified atom stereocenters. The lowest BCUT2D eigenvalue weighted by Crippen LogP contribution is -2.21. The fourth-order valence-electron chi connectivity index (χ4n) is 2.94. The van der Waals surface area contributed by atoms with E-state index in [4.69, 9.17) is 0 Å². The van der Waals surface area contributed by atoms with Gasteiger partial charge in [0.05, 0.1) is 0 Å². The molecule has 7 heteroatoms. The van der Waals surface area contributed by atoms with E-state index in [1.807, 2.05) is 43.3 Å². The van der Waals surface area contributed by atoms with Crippen molar-refractivity contribution in [2.45, 2.75) is 26.4 Å². The van der Waals surface area contributed by atoms with E-state index in [0.717, 1.165) is 23.9 Å². The predicted molar refractivity (Wildman–Crippen MR) is 110 cm³/mol. The van der Waals surface area contributed by atoms with Crippen LogP contribution in [0.2, 0.25) is 0 Å². The minimum atomic E-state index is -4.56. The van der Waals surface area contributed by atoms with E-state index < -0.39 is 11.7 Å². The Morgan fingerprint density at radius 2 is 1.41 bits per heavy atom. The summed E-state index contributed by atoms with van der Waals surface area (Å²) in [6, 6.07) is 15.0. The fraction of sp³-hybridized carbons (Fsp3) is 0.273. The summed E-state index contributed by atoms with van der Waals surface area (Å²) in [5.41, 5.74) is 2.73. The molecule has 0 saturated heterocycles. The average Bonchev–Trinajstić information content (AvgIpc) is 2.72. The van der Waals surface area contributed by atoms with E-state index in [1.54, 1.807) is 31.1 Å². The number of aryl methyl sites for hydroxylation is 2. The first-order valence-corrected chi connectivity index (χ1v) is 9.28. The molecule has 0 aliphatic rings. The molecule has 0 spiro atoms. The Balaban J connectivity index is 2.04. The molecule has 0 atom stereocenters. The summed E-state index contributed by atoms with van der Waals surface area (Å²) >= 11 is 0. The van der Waals surface area contributed by atoms with Crippen LogP contribution in [0.3, 0.4) is 0 Å². The van der Waals surface area contributed by atoms with Crippen LogP contribution in [0.25, 0.3) is 0 Å². The van der Waals surface area contributed by atoms with Crippen molar-refractivity contribution < 1.29 is 13.2 Å². The normalized spacial score (nSPS) is 11.4. The lowest BCUT2D eigenvalue weighted by molar-refractivity contribution is -0.137. The lowest BCUT2D eigenvalue weighted by atomic mass is 10.1. The summed E-state index contributed by atoms with van der Waals surface area (Å²) in [4.78, 5) is 11.4. The van der Waals surface area contributed by atoms with E-state index in [0.29, 0.717) is 5.69 Å². The largest absolute Gasteiger partial charge is 0.421 e. The summed E-state index contributed by atoms with van der Waals surface area (Å²) < 4.78 is 40.8. The van der Waals surface area contributed by atoms with Gasteiger partial charge in [0.25, 0.3) is 0 Å². The van der Waals surface area contributed by atoms with Gasteiger partial charge in [-0.15, -0.1) is 0 Å². The molecule has 0 radical (unpaired) electrons. The maximum atomic E-state index is 13.6. The Morgan fingerprint density at radius 1 is 0.862 bits per heavy atom. The highest BCUT2D eigenvalue weighted by Gasteiger charge is 2.37. The number of rotatable bonds is 5. The number of hydrogen-bond acceptors (Lipinski definition) is 4. The Kier molecular flexibility index (Phi) is 5.77. The molecule has 4 nitrogen and oxygen atoms in total. The highest BCUT2D eigenvalue weighted by Crippen LogP contribution is 2.38. The first-order valence-electron chi connectivity index (χ1n) is 9.28. The van der Waals surface area contributed by atoms with Crippen LogP contribution in [-0.2, 0) is 12.6 Å². The van der Waals surface area contributed by atoms with E-state index in [-0.39, 0.29) is 11.8 Å². The van der Waals surface area contributed by atoms with Gasteiger partial charge < -0.3 is 9.80 Å². The van der Waals surface area contributed by atoms with Crippen LogP contribution in [0.4, 0.5) is 36.3 Å². The van der Waals surface area contributed by atoms with Gasteiger partial charge in [0.1, 0.15) is 5.56 Å². The van der Waals surface area contributed by atoms with Crippen molar-refractivity contribution in [3.8, 4) is 0 Å². The van der Waals surface area contributed by atoms with Crippen molar-refractivity contribution in [1.82, 2.24) is 9.97 Å². The molecule has 2 aromatic carbocycles. The minimum Gasteiger partial charge on any atom is -0.329 e. The second-order valence-corrected chi connectivity index (χ2v) is 6.88. The zero-order valence-electron chi connectivity index (χ0n) is 16.8. The first kappa shape index (κ1) is 20.6. The molecule has 0 amide bonds. The van der Waals surface area contributed by atoms with Gasteiger partial charge in [-0.1, -0.05) is 36.8 Å². The summed E-state index contributed by atoms with van der Waals surface area (Å²) in [6.07, 6.45) is -2.81. The van der Waals surface area contributed by atoms with Crippen LogP contribution in [0, 0.1) is 6.92 Å². The third-order valence-electron chi connectivity index (χ3n) is 4.83. The topological polar surface area (TPSA) is 32.3 Å². The zero-order valence-corrected chi connectivity index (χ0v) is 16.8. The quantitative estimate of drug-likeness (QED) is 0.534. The zero-order chi connectivity index (χ0) is 21.2. The van der Waals surface area contributed by atoms with Gasteiger partial charge in [-0.05, 0) is 43.2 Å². The fourth-order valence-corrected chi connectivity index (χ4v) is 2.94.